The normalized spacial score (nSPS) is 9.79. The summed E-state index contributed by atoms with van der Waals surface area (Å²) < 4.78 is 0.964. The number of carboxylic acid groups (broad SMARTS) is 1. The Balaban J connectivity index is 2.50. The van der Waals surface area contributed by atoms with Gasteiger partial charge in [0.1, 0.15) is 0 Å². The lowest BCUT2D eigenvalue weighted by atomic mass is 10.1. The molecule has 0 spiro atoms. The highest BCUT2D eigenvalue weighted by atomic mass is 79.9. The van der Waals surface area contributed by atoms with Gasteiger partial charge < -0.3 is 5.11 Å². The van der Waals surface area contributed by atoms with Crippen molar-refractivity contribution < 1.29 is 14.7 Å². The minimum Gasteiger partial charge on any atom is -0.476 e. The second-order valence-electron chi connectivity index (χ2n) is 2.85. The fourth-order valence-corrected chi connectivity index (χ4v) is 1.28. The number of aryl methyl sites for hydroxylation is 1. The predicted octanol–water partition coefficient (Wildman–Crippen LogP) is 2.04. The molecule has 0 saturated carbocycles. The topological polar surface area (TPSA) is 54.4 Å². The quantitative estimate of drug-likeness (QED) is 0.839. The van der Waals surface area contributed by atoms with E-state index >= 15 is 0 Å². The SMILES string of the molecule is O=C(O)C(=O)CCc1ccc(Br)cc1. The third-order valence-corrected chi connectivity index (χ3v) is 2.32. The van der Waals surface area contributed by atoms with Crippen LogP contribution in [0.2, 0.25) is 0 Å². The minimum atomic E-state index is -1.36. The summed E-state index contributed by atoms with van der Waals surface area (Å²) in [6, 6.07) is 7.44. The van der Waals surface area contributed by atoms with E-state index in [4.69, 9.17) is 5.11 Å². The van der Waals surface area contributed by atoms with Crippen LogP contribution in [0.3, 0.4) is 0 Å². The monoisotopic (exact) mass is 256 g/mol. The fraction of sp³-hybridized carbons (Fsp3) is 0.200. The van der Waals surface area contributed by atoms with Crippen LogP contribution in [0.5, 0.6) is 0 Å². The smallest absolute Gasteiger partial charge is 0.372 e. The van der Waals surface area contributed by atoms with Crippen LogP contribution in [0.25, 0.3) is 0 Å². The second kappa shape index (κ2) is 4.91. The van der Waals surface area contributed by atoms with E-state index in [0.717, 1.165) is 10.0 Å². The van der Waals surface area contributed by atoms with Gasteiger partial charge in [0.2, 0.25) is 5.78 Å². The van der Waals surface area contributed by atoms with E-state index in [0.29, 0.717) is 6.42 Å². The van der Waals surface area contributed by atoms with E-state index in [1.165, 1.54) is 0 Å². The molecule has 1 rings (SSSR count). The van der Waals surface area contributed by atoms with E-state index in [1.807, 2.05) is 24.3 Å². The summed E-state index contributed by atoms with van der Waals surface area (Å²) in [5.41, 5.74) is 0.961. The van der Waals surface area contributed by atoms with Crippen LogP contribution in [0.1, 0.15) is 12.0 Å². The molecule has 14 heavy (non-hydrogen) atoms. The molecule has 74 valence electrons. The summed E-state index contributed by atoms with van der Waals surface area (Å²) in [7, 11) is 0. The number of aliphatic carboxylic acids is 1. The number of carbonyl (C=O) groups excluding carboxylic acids is 1. The molecule has 0 aliphatic heterocycles. The van der Waals surface area contributed by atoms with Crippen LogP contribution in [0.15, 0.2) is 28.7 Å². The Morgan fingerprint density at radius 3 is 2.29 bits per heavy atom. The van der Waals surface area contributed by atoms with Crippen molar-refractivity contribution in [1.29, 1.82) is 0 Å². The van der Waals surface area contributed by atoms with Gasteiger partial charge in [0, 0.05) is 10.9 Å². The van der Waals surface area contributed by atoms with Crippen LogP contribution < -0.4 is 0 Å². The maximum Gasteiger partial charge on any atom is 0.372 e. The van der Waals surface area contributed by atoms with Gasteiger partial charge in [-0.2, -0.15) is 0 Å². The largest absolute Gasteiger partial charge is 0.476 e. The van der Waals surface area contributed by atoms with Crippen molar-refractivity contribution >= 4 is 27.7 Å². The highest BCUT2D eigenvalue weighted by Crippen LogP contribution is 2.11. The molecule has 0 atom stereocenters. The maximum atomic E-state index is 10.8. The number of hydrogen-bond acceptors (Lipinski definition) is 2. The summed E-state index contributed by atoms with van der Waals surface area (Å²) in [5, 5.41) is 8.35. The Morgan fingerprint density at radius 2 is 1.79 bits per heavy atom. The number of halogens is 1. The second-order valence-corrected chi connectivity index (χ2v) is 3.77. The maximum absolute atomic E-state index is 10.8. The molecule has 0 bridgehead atoms. The molecule has 0 unspecified atom stereocenters. The number of carbonyl (C=O) groups is 2. The molecule has 0 fully saturated rings. The van der Waals surface area contributed by atoms with Gasteiger partial charge in [-0.15, -0.1) is 0 Å². The van der Waals surface area contributed by atoms with Gasteiger partial charge in [-0.3, -0.25) is 4.79 Å². The van der Waals surface area contributed by atoms with Crippen molar-refractivity contribution in [2.75, 3.05) is 0 Å². The van der Waals surface area contributed by atoms with Gasteiger partial charge in [-0.25, -0.2) is 4.79 Å². The Bertz CT molecular complexity index is 343. The number of carboxylic acids is 1. The molecule has 1 aromatic rings. The molecule has 1 aromatic carbocycles. The first-order valence-corrected chi connectivity index (χ1v) is 4.89. The van der Waals surface area contributed by atoms with Gasteiger partial charge in [0.25, 0.3) is 0 Å². The standard InChI is InChI=1S/C10H9BrO3/c11-8-4-1-7(2-5-8)3-6-9(12)10(13)14/h1-2,4-5H,3,6H2,(H,13,14). The van der Waals surface area contributed by atoms with Crippen LogP contribution in [0.4, 0.5) is 0 Å². The molecule has 0 aliphatic rings. The van der Waals surface area contributed by atoms with Crippen molar-refractivity contribution in [3.05, 3.63) is 34.3 Å². The van der Waals surface area contributed by atoms with Crippen molar-refractivity contribution in [1.82, 2.24) is 0 Å². The van der Waals surface area contributed by atoms with Gasteiger partial charge in [0.05, 0.1) is 0 Å². The zero-order valence-electron chi connectivity index (χ0n) is 7.37. The van der Waals surface area contributed by atoms with E-state index in [9.17, 15) is 9.59 Å². The first kappa shape index (κ1) is 10.9. The Kier molecular flexibility index (Phi) is 3.83. The van der Waals surface area contributed by atoms with Gasteiger partial charge in [0.15, 0.2) is 0 Å². The van der Waals surface area contributed by atoms with Crippen molar-refractivity contribution in [2.24, 2.45) is 0 Å². The average Bonchev–Trinajstić information content (AvgIpc) is 2.16. The van der Waals surface area contributed by atoms with E-state index in [2.05, 4.69) is 15.9 Å². The highest BCUT2D eigenvalue weighted by molar-refractivity contribution is 9.10. The molecule has 0 amide bonds. The first-order chi connectivity index (χ1) is 6.59. The number of benzene rings is 1. The molecule has 3 nitrogen and oxygen atoms in total. The van der Waals surface area contributed by atoms with E-state index < -0.39 is 11.8 Å². The molecule has 0 heterocycles. The number of Topliss-reactive ketones (excluding diaryl/α,β-unsaturated/α-hetero) is 1. The Labute approximate surface area is 89.9 Å². The molecule has 0 radical (unpaired) electrons. The summed E-state index contributed by atoms with van der Waals surface area (Å²) >= 11 is 3.29. The summed E-state index contributed by atoms with van der Waals surface area (Å²) in [4.78, 5) is 21.0. The van der Waals surface area contributed by atoms with Crippen molar-refractivity contribution in [2.45, 2.75) is 12.8 Å². The average molecular weight is 257 g/mol. The molecule has 0 aromatic heterocycles. The van der Waals surface area contributed by atoms with Crippen LogP contribution in [-0.4, -0.2) is 16.9 Å². The van der Waals surface area contributed by atoms with E-state index in [1.54, 1.807) is 0 Å². The molecule has 1 N–H and O–H groups in total. The number of rotatable bonds is 4. The molecule has 4 heteroatoms. The van der Waals surface area contributed by atoms with Gasteiger partial charge >= 0.3 is 5.97 Å². The molecular formula is C10H9BrO3. The third kappa shape index (κ3) is 3.30. The lowest BCUT2D eigenvalue weighted by Gasteiger charge is -1.98. The third-order valence-electron chi connectivity index (χ3n) is 1.79. The minimum absolute atomic E-state index is 0.0525. The number of hydrogen-bond donors (Lipinski definition) is 1. The fourth-order valence-electron chi connectivity index (χ4n) is 1.02. The molecule has 0 aliphatic carbocycles. The first-order valence-electron chi connectivity index (χ1n) is 4.10. The lowest BCUT2D eigenvalue weighted by Crippen LogP contribution is -2.12. The van der Waals surface area contributed by atoms with Crippen molar-refractivity contribution in [3.63, 3.8) is 0 Å². The summed E-state index contributed by atoms with van der Waals surface area (Å²) in [6.07, 6.45) is 0.523. The zero-order chi connectivity index (χ0) is 10.6. The molecule has 0 saturated heterocycles. The summed E-state index contributed by atoms with van der Waals surface area (Å²) in [5.74, 6) is -2.10. The van der Waals surface area contributed by atoms with Gasteiger partial charge in [-0.05, 0) is 24.1 Å². The van der Waals surface area contributed by atoms with E-state index in [-0.39, 0.29) is 6.42 Å². The molecular weight excluding hydrogens is 248 g/mol. The van der Waals surface area contributed by atoms with Crippen molar-refractivity contribution in [3.8, 4) is 0 Å². The Hall–Kier alpha value is -1.16. The highest BCUT2D eigenvalue weighted by Gasteiger charge is 2.10. The zero-order valence-corrected chi connectivity index (χ0v) is 8.95. The Morgan fingerprint density at radius 1 is 1.21 bits per heavy atom. The van der Waals surface area contributed by atoms with Crippen LogP contribution >= 0.6 is 15.9 Å². The lowest BCUT2D eigenvalue weighted by molar-refractivity contribution is -0.149. The van der Waals surface area contributed by atoms with Gasteiger partial charge in [-0.1, -0.05) is 28.1 Å². The van der Waals surface area contributed by atoms with Crippen LogP contribution in [-0.2, 0) is 16.0 Å². The predicted molar refractivity (Wildman–Crippen MR) is 55.1 cm³/mol. The number of ketones is 1. The van der Waals surface area contributed by atoms with Crippen LogP contribution in [0, 0.1) is 0 Å². The summed E-state index contributed by atoms with van der Waals surface area (Å²) in [6.45, 7) is 0.